The molecule has 0 aromatic rings. The Morgan fingerprint density at radius 2 is 2.07 bits per heavy atom. The number of hydrogen-bond donors (Lipinski definition) is 1. The van der Waals surface area contributed by atoms with Crippen LogP contribution >= 0.6 is 0 Å². The summed E-state index contributed by atoms with van der Waals surface area (Å²) in [7, 11) is -3.70. The number of primary amides is 1. The van der Waals surface area contributed by atoms with Crippen molar-refractivity contribution in [3.8, 4) is 6.07 Å². The van der Waals surface area contributed by atoms with Crippen LogP contribution in [0.25, 0.3) is 0 Å². The molecule has 80 valence electrons. The van der Waals surface area contributed by atoms with Crippen LogP contribution in [-0.2, 0) is 14.8 Å². The van der Waals surface area contributed by atoms with E-state index in [1.165, 1.54) is 6.07 Å². The summed E-state index contributed by atoms with van der Waals surface area (Å²) in [6.45, 7) is 2.83. The number of carbonyl (C=O) groups is 1. The zero-order chi connectivity index (χ0) is 11.4. The molecule has 0 rings (SSSR count). The van der Waals surface area contributed by atoms with E-state index < -0.39 is 21.7 Å². The van der Waals surface area contributed by atoms with Crippen LogP contribution in [0.1, 0.15) is 13.8 Å². The molecule has 0 saturated carbocycles. The summed E-state index contributed by atoms with van der Waals surface area (Å²) < 4.78 is 23.7. The number of nitriles is 1. The minimum Gasteiger partial charge on any atom is -0.369 e. The molecule has 0 aliphatic rings. The average molecular weight is 219 g/mol. The van der Waals surface area contributed by atoms with Gasteiger partial charge in [0.25, 0.3) is 0 Å². The highest BCUT2D eigenvalue weighted by Crippen LogP contribution is 2.06. The number of amides is 1. The molecule has 0 bridgehead atoms. The van der Waals surface area contributed by atoms with Gasteiger partial charge in [0.05, 0.1) is 12.6 Å². The highest BCUT2D eigenvalue weighted by atomic mass is 32.2. The number of rotatable bonds is 5. The fourth-order valence-corrected chi connectivity index (χ4v) is 2.22. The van der Waals surface area contributed by atoms with E-state index in [9.17, 15) is 13.2 Å². The molecule has 0 aromatic heterocycles. The number of carbonyl (C=O) groups excluding carboxylic acids is 1. The van der Waals surface area contributed by atoms with Crippen LogP contribution in [0.3, 0.4) is 0 Å². The Labute approximate surface area is 83.3 Å². The Bertz CT molecular complexity index is 342. The zero-order valence-corrected chi connectivity index (χ0v) is 8.91. The van der Waals surface area contributed by atoms with E-state index in [1.807, 2.05) is 0 Å². The molecule has 0 fully saturated rings. The predicted molar refractivity (Wildman–Crippen MR) is 50.4 cm³/mol. The van der Waals surface area contributed by atoms with E-state index in [2.05, 4.69) is 0 Å². The molecule has 6 nitrogen and oxygen atoms in total. The second kappa shape index (κ2) is 4.93. The van der Waals surface area contributed by atoms with E-state index in [0.717, 1.165) is 4.31 Å². The van der Waals surface area contributed by atoms with Gasteiger partial charge >= 0.3 is 0 Å². The third-order valence-corrected chi connectivity index (χ3v) is 3.25. The second-order valence-electron chi connectivity index (χ2n) is 3.02. The predicted octanol–water partition coefficient (Wildman–Crippen LogP) is -0.965. The maximum Gasteiger partial charge on any atom is 0.232 e. The molecular weight excluding hydrogens is 206 g/mol. The lowest BCUT2D eigenvalue weighted by Crippen LogP contribution is -2.43. The second-order valence-corrected chi connectivity index (χ2v) is 4.94. The Hall–Kier alpha value is -1.13. The van der Waals surface area contributed by atoms with E-state index >= 15 is 0 Å². The Kier molecular flexibility index (Phi) is 4.53. The summed E-state index contributed by atoms with van der Waals surface area (Å²) in [5.41, 5.74) is 4.90. The van der Waals surface area contributed by atoms with Crippen molar-refractivity contribution in [2.24, 2.45) is 5.73 Å². The molecule has 1 amide bonds. The van der Waals surface area contributed by atoms with Crippen LogP contribution in [-0.4, -0.2) is 37.0 Å². The average Bonchev–Trinajstić information content (AvgIpc) is 1.99. The van der Waals surface area contributed by atoms with Gasteiger partial charge in [-0.2, -0.15) is 9.57 Å². The maximum absolute atomic E-state index is 11.4. The van der Waals surface area contributed by atoms with Crippen molar-refractivity contribution in [2.75, 3.05) is 12.3 Å². The summed E-state index contributed by atoms with van der Waals surface area (Å²) in [5.74, 6) is -1.38. The summed E-state index contributed by atoms with van der Waals surface area (Å²) in [6, 6.07) is 1.15. The fourth-order valence-electron chi connectivity index (χ4n) is 0.920. The lowest BCUT2D eigenvalue weighted by Gasteiger charge is -2.22. The number of nitrogens with two attached hydrogens (primary N) is 1. The van der Waals surface area contributed by atoms with Gasteiger partial charge in [-0.05, 0) is 13.8 Å². The topological polar surface area (TPSA) is 104 Å². The van der Waals surface area contributed by atoms with Crippen LogP contribution in [0.2, 0.25) is 0 Å². The standard InChI is InChI=1S/C7H13N3O3S/c1-6(2)10(5-7(9)11)14(12,13)4-3-8/h6H,4-5H2,1-2H3,(H2,9,11). The van der Waals surface area contributed by atoms with Crippen molar-refractivity contribution in [2.45, 2.75) is 19.9 Å². The zero-order valence-electron chi connectivity index (χ0n) is 8.10. The Morgan fingerprint density at radius 1 is 1.57 bits per heavy atom. The van der Waals surface area contributed by atoms with Gasteiger partial charge in [-0.3, -0.25) is 4.79 Å². The normalized spacial score (nSPS) is 11.6. The minimum absolute atomic E-state index is 0.387. The van der Waals surface area contributed by atoms with Gasteiger partial charge in [0.1, 0.15) is 0 Å². The van der Waals surface area contributed by atoms with Crippen molar-refractivity contribution < 1.29 is 13.2 Å². The number of nitrogens with zero attached hydrogens (tertiary/aromatic N) is 2. The van der Waals surface area contributed by atoms with E-state index in [4.69, 9.17) is 11.0 Å². The first-order valence-electron chi connectivity index (χ1n) is 3.96. The molecule has 14 heavy (non-hydrogen) atoms. The monoisotopic (exact) mass is 219 g/mol. The van der Waals surface area contributed by atoms with Crippen molar-refractivity contribution in [3.63, 3.8) is 0 Å². The molecule has 0 saturated heterocycles. The molecule has 0 unspecified atom stereocenters. The molecular formula is C7H13N3O3S. The van der Waals surface area contributed by atoms with Gasteiger partial charge in [-0.15, -0.1) is 0 Å². The van der Waals surface area contributed by atoms with E-state index in [1.54, 1.807) is 13.8 Å². The molecule has 0 aromatic carbocycles. The molecule has 0 spiro atoms. The molecule has 0 aliphatic heterocycles. The first-order chi connectivity index (χ1) is 6.31. The quantitative estimate of drug-likeness (QED) is 0.642. The van der Waals surface area contributed by atoms with Crippen LogP contribution in [0.5, 0.6) is 0 Å². The SMILES string of the molecule is CC(C)N(CC(N)=O)S(=O)(=O)CC#N. The van der Waals surface area contributed by atoms with Crippen LogP contribution < -0.4 is 5.73 Å². The van der Waals surface area contributed by atoms with Gasteiger partial charge < -0.3 is 5.73 Å². The number of hydrogen-bond acceptors (Lipinski definition) is 4. The Morgan fingerprint density at radius 3 is 2.36 bits per heavy atom. The molecule has 0 aliphatic carbocycles. The van der Waals surface area contributed by atoms with E-state index in [0.29, 0.717) is 0 Å². The summed E-state index contributed by atoms with van der Waals surface area (Å²) in [4.78, 5) is 10.6. The van der Waals surface area contributed by atoms with Gasteiger partial charge in [-0.1, -0.05) is 0 Å². The lowest BCUT2D eigenvalue weighted by molar-refractivity contribution is -0.118. The smallest absolute Gasteiger partial charge is 0.232 e. The maximum atomic E-state index is 11.4. The first kappa shape index (κ1) is 12.9. The van der Waals surface area contributed by atoms with Crippen LogP contribution in [0, 0.1) is 11.3 Å². The third-order valence-electron chi connectivity index (χ3n) is 1.49. The third kappa shape index (κ3) is 3.72. The minimum atomic E-state index is -3.70. The first-order valence-corrected chi connectivity index (χ1v) is 5.57. The van der Waals surface area contributed by atoms with Gasteiger partial charge in [0, 0.05) is 6.04 Å². The molecule has 0 heterocycles. The summed E-state index contributed by atoms with van der Waals surface area (Å²) in [6.07, 6.45) is 0. The summed E-state index contributed by atoms with van der Waals surface area (Å²) in [5, 5.41) is 8.29. The van der Waals surface area contributed by atoms with Gasteiger partial charge in [0.15, 0.2) is 5.75 Å². The molecule has 0 radical (unpaired) electrons. The van der Waals surface area contributed by atoms with Crippen LogP contribution in [0.4, 0.5) is 0 Å². The highest BCUT2D eigenvalue weighted by molar-refractivity contribution is 7.89. The van der Waals surface area contributed by atoms with Crippen molar-refractivity contribution in [1.82, 2.24) is 4.31 Å². The van der Waals surface area contributed by atoms with Crippen LogP contribution in [0.15, 0.2) is 0 Å². The van der Waals surface area contributed by atoms with E-state index in [-0.39, 0.29) is 12.6 Å². The molecule has 0 atom stereocenters. The molecule has 7 heteroatoms. The number of sulfonamides is 1. The Balaban J connectivity index is 4.85. The van der Waals surface area contributed by atoms with Crippen molar-refractivity contribution in [3.05, 3.63) is 0 Å². The highest BCUT2D eigenvalue weighted by Gasteiger charge is 2.25. The fraction of sp³-hybridized carbons (Fsp3) is 0.714. The molecule has 2 N–H and O–H groups in total. The largest absolute Gasteiger partial charge is 0.369 e. The summed E-state index contributed by atoms with van der Waals surface area (Å²) >= 11 is 0. The van der Waals surface area contributed by atoms with Crippen molar-refractivity contribution >= 4 is 15.9 Å². The van der Waals surface area contributed by atoms with Gasteiger partial charge in [0.2, 0.25) is 15.9 Å². The lowest BCUT2D eigenvalue weighted by atomic mass is 10.4. The van der Waals surface area contributed by atoms with Gasteiger partial charge in [-0.25, -0.2) is 8.42 Å². The van der Waals surface area contributed by atoms with Crippen molar-refractivity contribution in [1.29, 1.82) is 5.26 Å².